The van der Waals surface area contributed by atoms with Crippen molar-refractivity contribution in [2.24, 2.45) is 0 Å². The predicted molar refractivity (Wildman–Crippen MR) is 87.4 cm³/mol. The first kappa shape index (κ1) is 13.6. The van der Waals surface area contributed by atoms with Gasteiger partial charge in [0.05, 0.1) is 11.0 Å². The van der Waals surface area contributed by atoms with Crippen molar-refractivity contribution >= 4 is 28.2 Å². The predicted octanol–water partition coefficient (Wildman–Crippen LogP) is 3.78. The zero-order valence-electron chi connectivity index (χ0n) is 12.7. The van der Waals surface area contributed by atoms with Crippen molar-refractivity contribution in [3.63, 3.8) is 0 Å². The first-order chi connectivity index (χ1) is 11.1. The third-order valence-corrected chi connectivity index (χ3v) is 3.83. The second-order valence-electron chi connectivity index (χ2n) is 5.44. The van der Waals surface area contributed by atoms with Crippen LogP contribution in [-0.2, 0) is 0 Å². The van der Waals surface area contributed by atoms with Crippen molar-refractivity contribution in [2.45, 2.75) is 13.8 Å². The average molecular weight is 307 g/mol. The van der Waals surface area contributed by atoms with Crippen molar-refractivity contribution < 1.29 is 4.39 Å². The van der Waals surface area contributed by atoms with Crippen LogP contribution in [0.5, 0.6) is 0 Å². The van der Waals surface area contributed by atoms with Crippen LogP contribution < -0.4 is 5.32 Å². The molecular formula is C17H14FN5. The minimum atomic E-state index is -0.260. The zero-order chi connectivity index (χ0) is 16.0. The quantitative estimate of drug-likeness (QED) is 0.612. The molecule has 0 fully saturated rings. The average Bonchev–Trinajstić information content (AvgIpc) is 2.94. The summed E-state index contributed by atoms with van der Waals surface area (Å²) in [5.74, 6) is 1.06. The standard InChI is InChI=1S/C17H14FN5/c1-10-7-8-12(9-13(10)18)19-16-17-22-21-11(2)23(17)15-6-4-3-5-14(15)20-16/h3-9H,1-2H3,(H,19,20). The van der Waals surface area contributed by atoms with Crippen molar-refractivity contribution in [2.75, 3.05) is 5.32 Å². The zero-order valence-corrected chi connectivity index (χ0v) is 12.7. The van der Waals surface area contributed by atoms with Crippen molar-refractivity contribution in [1.82, 2.24) is 19.6 Å². The molecule has 0 aliphatic carbocycles. The van der Waals surface area contributed by atoms with E-state index in [1.807, 2.05) is 41.7 Å². The number of aromatic nitrogens is 4. The highest BCUT2D eigenvalue weighted by Gasteiger charge is 2.13. The first-order valence-corrected chi connectivity index (χ1v) is 7.27. The molecule has 2 aromatic carbocycles. The second kappa shape index (κ2) is 5.01. The lowest BCUT2D eigenvalue weighted by molar-refractivity contribution is 0.619. The topological polar surface area (TPSA) is 55.1 Å². The lowest BCUT2D eigenvalue weighted by Crippen LogP contribution is -2.01. The van der Waals surface area contributed by atoms with E-state index in [1.54, 1.807) is 13.0 Å². The van der Waals surface area contributed by atoms with Gasteiger partial charge in [-0.2, -0.15) is 0 Å². The molecule has 23 heavy (non-hydrogen) atoms. The highest BCUT2D eigenvalue weighted by molar-refractivity contribution is 5.84. The number of hydrogen-bond acceptors (Lipinski definition) is 4. The molecule has 4 aromatic rings. The third kappa shape index (κ3) is 2.19. The molecule has 114 valence electrons. The van der Waals surface area contributed by atoms with Gasteiger partial charge in [0.15, 0.2) is 5.82 Å². The van der Waals surface area contributed by atoms with Gasteiger partial charge in [-0.3, -0.25) is 4.40 Å². The minimum absolute atomic E-state index is 0.260. The van der Waals surface area contributed by atoms with Gasteiger partial charge in [0.1, 0.15) is 11.6 Å². The molecule has 2 heterocycles. The summed E-state index contributed by atoms with van der Waals surface area (Å²) in [6, 6.07) is 12.8. The molecule has 6 heteroatoms. The number of anilines is 2. The number of para-hydroxylation sites is 2. The molecule has 0 aliphatic heterocycles. The third-order valence-electron chi connectivity index (χ3n) is 3.83. The molecule has 0 aliphatic rings. The summed E-state index contributed by atoms with van der Waals surface area (Å²) < 4.78 is 15.7. The Morgan fingerprint density at radius 1 is 1.04 bits per heavy atom. The molecule has 5 nitrogen and oxygen atoms in total. The maximum absolute atomic E-state index is 13.8. The number of nitrogens with zero attached hydrogens (tertiary/aromatic N) is 4. The highest BCUT2D eigenvalue weighted by Crippen LogP contribution is 2.25. The van der Waals surface area contributed by atoms with E-state index in [-0.39, 0.29) is 5.82 Å². The molecule has 0 saturated carbocycles. The van der Waals surface area contributed by atoms with E-state index in [0.29, 0.717) is 22.7 Å². The summed E-state index contributed by atoms with van der Waals surface area (Å²) in [4.78, 5) is 4.61. The van der Waals surface area contributed by atoms with Crippen LogP contribution in [0.25, 0.3) is 16.7 Å². The Hall–Kier alpha value is -3.02. The Bertz CT molecular complexity index is 1040. The number of aryl methyl sites for hydroxylation is 2. The van der Waals surface area contributed by atoms with E-state index in [9.17, 15) is 4.39 Å². The maximum atomic E-state index is 13.8. The van der Waals surface area contributed by atoms with Crippen LogP contribution >= 0.6 is 0 Å². The van der Waals surface area contributed by atoms with Gasteiger partial charge in [-0.25, -0.2) is 9.37 Å². The van der Waals surface area contributed by atoms with Gasteiger partial charge >= 0.3 is 0 Å². The van der Waals surface area contributed by atoms with Gasteiger partial charge < -0.3 is 5.32 Å². The molecule has 0 amide bonds. The van der Waals surface area contributed by atoms with Gasteiger partial charge in [-0.1, -0.05) is 18.2 Å². The second-order valence-corrected chi connectivity index (χ2v) is 5.44. The number of fused-ring (bicyclic) bond motifs is 3. The van der Waals surface area contributed by atoms with Crippen LogP contribution in [0.4, 0.5) is 15.9 Å². The fourth-order valence-corrected chi connectivity index (χ4v) is 2.61. The lowest BCUT2D eigenvalue weighted by Gasteiger charge is -2.10. The molecule has 0 saturated heterocycles. The molecule has 0 atom stereocenters. The Morgan fingerprint density at radius 3 is 2.70 bits per heavy atom. The van der Waals surface area contributed by atoms with Gasteiger partial charge in [0.25, 0.3) is 0 Å². The van der Waals surface area contributed by atoms with E-state index < -0.39 is 0 Å². The first-order valence-electron chi connectivity index (χ1n) is 7.27. The summed E-state index contributed by atoms with van der Waals surface area (Å²) in [5, 5.41) is 11.5. The van der Waals surface area contributed by atoms with E-state index >= 15 is 0 Å². The van der Waals surface area contributed by atoms with Gasteiger partial charge in [-0.15, -0.1) is 10.2 Å². The number of nitrogens with one attached hydrogen (secondary N) is 1. The van der Waals surface area contributed by atoms with Crippen molar-refractivity contribution in [3.05, 3.63) is 59.7 Å². The molecule has 0 bridgehead atoms. The number of benzene rings is 2. The number of halogens is 1. The molecule has 2 aromatic heterocycles. The van der Waals surface area contributed by atoms with E-state index in [2.05, 4.69) is 20.5 Å². The Morgan fingerprint density at radius 2 is 1.87 bits per heavy atom. The molecule has 4 rings (SSSR count). The normalized spacial score (nSPS) is 11.3. The van der Waals surface area contributed by atoms with Crippen LogP contribution in [-0.4, -0.2) is 19.6 Å². The molecule has 0 spiro atoms. The monoisotopic (exact) mass is 307 g/mol. The Kier molecular flexibility index (Phi) is 2.97. The fourth-order valence-electron chi connectivity index (χ4n) is 2.61. The van der Waals surface area contributed by atoms with E-state index in [0.717, 1.165) is 16.9 Å². The molecular weight excluding hydrogens is 293 g/mol. The lowest BCUT2D eigenvalue weighted by atomic mass is 10.2. The smallest absolute Gasteiger partial charge is 0.204 e. The molecule has 1 N–H and O–H groups in total. The number of rotatable bonds is 2. The minimum Gasteiger partial charge on any atom is -0.337 e. The summed E-state index contributed by atoms with van der Waals surface area (Å²) in [6.45, 7) is 3.62. The summed E-state index contributed by atoms with van der Waals surface area (Å²) in [5.41, 5.74) is 3.59. The van der Waals surface area contributed by atoms with Crippen LogP contribution in [0.3, 0.4) is 0 Å². The van der Waals surface area contributed by atoms with Crippen LogP contribution in [0.2, 0.25) is 0 Å². The summed E-state index contributed by atoms with van der Waals surface area (Å²) in [7, 11) is 0. The fraction of sp³-hybridized carbons (Fsp3) is 0.118. The van der Waals surface area contributed by atoms with E-state index in [1.165, 1.54) is 6.07 Å². The Labute approximate surface area is 131 Å². The van der Waals surface area contributed by atoms with Crippen molar-refractivity contribution in [3.8, 4) is 0 Å². The summed E-state index contributed by atoms with van der Waals surface area (Å²) >= 11 is 0. The van der Waals surface area contributed by atoms with Crippen molar-refractivity contribution in [1.29, 1.82) is 0 Å². The number of hydrogen-bond donors (Lipinski definition) is 1. The van der Waals surface area contributed by atoms with Crippen LogP contribution in [0.1, 0.15) is 11.4 Å². The SMILES string of the molecule is Cc1ccc(Nc2nc3ccccc3n3c(C)nnc23)cc1F. The van der Waals surface area contributed by atoms with Crippen LogP contribution in [0.15, 0.2) is 42.5 Å². The highest BCUT2D eigenvalue weighted by atomic mass is 19.1. The van der Waals surface area contributed by atoms with Gasteiger partial charge in [-0.05, 0) is 43.7 Å². The maximum Gasteiger partial charge on any atom is 0.204 e. The van der Waals surface area contributed by atoms with Gasteiger partial charge in [0.2, 0.25) is 5.65 Å². The molecule has 0 radical (unpaired) electrons. The largest absolute Gasteiger partial charge is 0.337 e. The summed E-state index contributed by atoms with van der Waals surface area (Å²) in [6.07, 6.45) is 0. The Balaban J connectivity index is 1.93. The van der Waals surface area contributed by atoms with Crippen LogP contribution in [0, 0.1) is 19.7 Å². The van der Waals surface area contributed by atoms with Gasteiger partial charge in [0, 0.05) is 5.69 Å². The van der Waals surface area contributed by atoms with E-state index in [4.69, 9.17) is 0 Å². The molecule has 0 unspecified atom stereocenters.